The van der Waals surface area contributed by atoms with Gasteiger partial charge in [0.1, 0.15) is 0 Å². The summed E-state index contributed by atoms with van der Waals surface area (Å²) in [5, 5.41) is 1.42. The van der Waals surface area contributed by atoms with Crippen LogP contribution in [0.15, 0.2) is 30.3 Å². The number of nitrogens with one attached hydrogen (secondary N) is 1. The predicted octanol–water partition coefficient (Wildman–Crippen LogP) is 1.82. The zero-order valence-corrected chi connectivity index (χ0v) is 8.41. The van der Waals surface area contributed by atoms with E-state index in [0.717, 1.165) is 0 Å². The molecule has 0 aliphatic carbocycles. The highest BCUT2D eigenvalue weighted by Gasteiger charge is 2.19. The van der Waals surface area contributed by atoms with Crippen LogP contribution in [-0.4, -0.2) is 17.1 Å². The zero-order valence-electron chi connectivity index (χ0n) is 7.66. The number of amides is 1. The Morgan fingerprint density at radius 2 is 1.86 bits per heavy atom. The summed E-state index contributed by atoms with van der Waals surface area (Å²) in [6.07, 6.45) is 0. The SMILES string of the molecule is CC(=O)[C@@H](Cl)C(=O)Nc1ccccc1. The lowest BCUT2D eigenvalue weighted by Gasteiger charge is -2.06. The molecule has 1 atom stereocenters. The summed E-state index contributed by atoms with van der Waals surface area (Å²) in [4.78, 5) is 22.1. The average Bonchev–Trinajstić information content (AvgIpc) is 2.18. The molecule has 74 valence electrons. The van der Waals surface area contributed by atoms with E-state index in [4.69, 9.17) is 11.6 Å². The van der Waals surface area contributed by atoms with Crippen molar-refractivity contribution < 1.29 is 9.59 Å². The third-order valence-corrected chi connectivity index (χ3v) is 2.13. The van der Waals surface area contributed by atoms with Crippen LogP contribution in [-0.2, 0) is 9.59 Å². The van der Waals surface area contributed by atoms with Gasteiger partial charge in [-0.2, -0.15) is 0 Å². The minimum Gasteiger partial charge on any atom is -0.324 e. The van der Waals surface area contributed by atoms with Crippen molar-refractivity contribution in [3.8, 4) is 0 Å². The summed E-state index contributed by atoms with van der Waals surface area (Å²) < 4.78 is 0. The molecule has 1 rings (SSSR count). The quantitative estimate of drug-likeness (QED) is 0.613. The first-order valence-electron chi connectivity index (χ1n) is 4.11. The lowest BCUT2D eigenvalue weighted by atomic mass is 10.2. The summed E-state index contributed by atoms with van der Waals surface area (Å²) in [7, 11) is 0. The summed E-state index contributed by atoms with van der Waals surface area (Å²) in [5.74, 6) is -0.856. The van der Waals surface area contributed by atoms with Gasteiger partial charge in [-0.15, -0.1) is 11.6 Å². The second-order valence-electron chi connectivity index (χ2n) is 2.83. The summed E-state index contributed by atoms with van der Waals surface area (Å²) in [6.45, 7) is 1.28. The van der Waals surface area contributed by atoms with E-state index in [0.29, 0.717) is 5.69 Å². The molecule has 0 saturated heterocycles. The van der Waals surface area contributed by atoms with Crippen molar-refractivity contribution in [2.45, 2.75) is 12.3 Å². The van der Waals surface area contributed by atoms with Crippen LogP contribution in [0.4, 0.5) is 5.69 Å². The van der Waals surface area contributed by atoms with E-state index in [-0.39, 0.29) is 5.78 Å². The fraction of sp³-hybridized carbons (Fsp3) is 0.200. The maximum atomic E-state index is 11.3. The van der Waals surface area contributed by atoms with Gasteiger partial charge in [-0.1, -0.05) is 18.2 Å². The standard InChI is InChI=1S/C10H10ClNO2/c1-7(13)9(11)10(14)12-8-5-3-2-4-6-8/h2-6,9H,1H3,(H,12,14)/t9-/m1/s1. The Labute approximate surface area is 87.1 Å². The number of Topliss-reactive ketones (excluding diaryl/α,β-unsaturated/α-hetero) is 1. The normalized spacial score (nSPS) is 11.9. The Bertz CT molecular complexity index is 337. The van der Waals surface area contributed by atoms with E-state index in [1.807, 2.05) is 6.07 Å². The summed E-state index contributed by atoms with van der Waals surface area (Å²) >= 11 is 5.55. The van der Waals surface area contributed by atoms with Gasteiger partial charge in [0.25, 0.3) is 0 Å². The lowest BCUT2D eigenvalue weighted by molar-refractivity contribution is -0.123. The molecule has 0 heterocycles. The number of hydrogen-bond donors (Lipinski definition) is 1. The number of hydrogen-bond acceptors (Lipinski definition) is 2. The topological polar surface area (TPSA) is 46.2 Å². The van der Waals surface area contributed by atoms with Crippen molar-refractivity contribution in [1.29, 1.82) is 0 Å². The van der Waals surface area contributed by atoms with Gasteiger partial charge >= 0.3 is 0 Å². The number of anilines is 1. The average molecular weight is 212 g/mol. The van der Waals surface area contributed by atoms with Crippen LogP contribution in [0, 0.1) is 0 Å². The molecule has 14 heavy (non-hydrogen) atoms. The lowest BCUT2D eigenvalue weighted by Crippen LogP contribution is -2.28. The van der Waals surface area contributed by atoms with Crippen molar-refractivity contribution in [2.75, 3.05) is 5.32 Å². The number of halogens is 1. The Kier molecular flexibility index (Phi) is 3.65. The number of benzene rings is 1. The molecule has 0 aliphatic heterocycles. The van der Waals surface area contributed by atoms with E-state index in [2.05, 4.69) is 5.32 Å². The third kappa shape index (κ3) is 2.85. The second-order valence-corrected chi connectivity index (χ2v) is 3.26. The van der Waals surface area contributed by atoms with E-state index in [1.165, 1.54) is 6.92 Å². The molecule has 3 nitrogen and oxygen atoms in total. The van der Waals surface area contributed by atoms with Crippen molar-refractivity contribution >= 4 is 29.0 Å². The van der Waals surface area contributed by atoms with Gasteiger partial charge in [0.2, 0.25) is 5.91 Å². The molecule has 1 amide bonds. The molecule has 4 heteroatoms. The van der Waals surface area contributed by atoms with Crippen LogP contribution in [0.1, 0.15) is 6.92 Å². The number of ketones is 1. The number of carbonyl (C=O) groups is 2. The first-order valence-corrected chi connectivity index (χ1v) is 4.55. The fourth-order valence-corrected chi connectivity index (χ4v) is 0.966. The van der Waals surface area contributed by atoms with Crippen molar-refractivity contribution in [3.05, 3.63) is 30.3 Å². The predicted molar refractivity (Wildman–Crippen MR) is 55.4 cm³/mol. The first-order chi connectivity index (χ1) is 6.61. The molecule has 0 aliphatic rings. The Morgan fingerprint density at radius 1 is 1.29 bits per heavy atom. The van der Waals surface area contributed by atoms with Gasteiger partial charge in [0.05, 0.1) is 0 Å². The minimum absolute atomic E-state index is 0.361. The van der Waals surface area contributed by atoms with Gasteiger partial charge in [-0.05, 0) is 19.1 Å². The number of alkyl halides is 1. The molecule has 0 aromatic heterocycles. The molecule has 1 aromatic rings. The molecular formula is C10H10ClNO2. The van der Waals surface area contributed by atoms with Gasteiger partial charge in [-0.3, -0.25) is 9.59 Å². The van der Waals surface area contributed by atoms with Gasteiger partial charge in [-0.25, -0.2) is 0 Å². The van der Waals surface area contributed by atoms with E-state index >= 15 is 0 Å². The largest absolute Gasteiger partial charge is 0.324 e. The molecule has 0 unspecified atom stereocenters. The van der Waals surface area contributed by atoms with Crippen LogP contribution in [0.25, 0.3) is 0 Å². The Morgan fingerprint density at radius 3 is 2.36 bits per heavy atom. The smallest absolute Gasteiger partial charge is 0.250 e. The van der Waals surface area contributed by atoms with E-state index in [9.17, 15) is 9.59 Å². The molecule has 1 N–H and O–H groups in total. The highest BCUT2D eigenvalue weighted by atomic mass is 35.5. The van der Waals surface area contributed by atoms with E-state index < -0.39 is 11.3 Å². The maximum Gasteiger partial charge on any atom is 0.250 e. The zero-order chi connectivity index (χ0) is 10.6. The molecule has 0 saturated carbocycles. The van der Waals surface area contributed by atoms with Gasteiger partial charge < -0.3 is 5.32 Å². The molecule has 0 radical (unpaired) electrons. The monoisotopic (exact) mass is 211 g/mol. The molecule has 0 bridgehead atoms. The second kappa shape index (κ2) is 4.77. The van der Waals surface area contributed by atoms with Gasteiger partial charge in [0, 0.05) is 5.69 Å². The van der Waals surface area contributed by atoms with Crippen molar-refractivity contribution in [1.82, 2.24) is 0 Å². The molecule has 1 aromatic carbocycles. The van der Waals surface area contributed by atoms with Gasteiger partial charge in [0.15, 0.2) is 11.2 Å². The highest BCUT2D eigenvalue weighted by molar-refractivity contribution is 6.42. The molecular weight excluding hydrogens is 202 g/mol. The van der Waals surface area contributed by atoms with Crippen LogP contribution in [0.5, 0.6) is 0 Å². The Hall–Kier alpha value is -1.35. The summed E-state index contributed by atoms with van der Waals surface area (Å²) in [5.41, 5.74) is 0.629. The summed E-state index contributed by atoms with van der Waals surface area (Å²) in [6, 6.07) is 8.85. The van der Waals surface area contributed by atoms with Crippen LogP contribution < -0.4 is 5.32 Å². The third-order valence-electron chi connectivity index (χ3n) is 1.63. The number of para-hydroxylation sites is 1. The molecule has 0 fully saturated rings. The minimum atomic E-state index is -1.12. The number of carbonyl (C=O) groups excluding carboxylic acids is 2. The molecule has 0 spiro atoms. The maximum absolute atomic E-state index is 11.3. The number of rotatable bonds is 3. The van der Waals surface area contributed by atoms with Crippen LogP contribution >= 0.6 is 11.6 Å². The fourth-order valence-electron chi connectivity index (χ4n) is 0.912. The van der Waals surface area contributed by atoms with Crippen molar-refractivity contribution in [2.24, 2.45) is 0 Å². The first kappa shape index (κ1) is 10.7. The highest BCUT2D eigenvalue weighted by Crippen LogP contribution is 2.07. The Balaban J connectivity index is 2.62. The van der Waals surface area contributed by atoms with Crippen molar-refractivity contribution in [3.63, 3.8) is 0 Å². The van der Waals surface area contributed by atoms with Crippen LogP contribution in [0.3, 0.4) is 0 Å². The van der Waals surface area contributed by atoms with Crippen LogP contribution in [0.2, 0.25) is 0 Å². The van der Waals surface area contributed by atoms with E-state index in [1.54, 1.807) is 24.3 Å².